The van der Waals surface area contributed by atoms with Gasteiger partial charge >= 0.3 is 0 Å². The Morgan fingerprint density at radius 1 is 0.617 bits per heavy atom. The molecule has 0 bridgehead atoms. The van der Waals surface area contributed by atoms with Gasteiger partial charge in [-0.3, -0.25) is 0 Å². The second-order valence-corrected chi connectivity index (χ2v) is 12.0. The fourth-order valence-corrected chi connectivity index (χ4v) is 5.70. The first-order valence-electron chi connectivity index (χ1n) is 15.4. The van der Waals surface area contributed by atoms with Crippen LogP contribution < -0.4 is 0 Å². The number of hydrogen-bond donors (Lipinski definition) is 0. The molecule has 8 aromatic rings. The predicted molar refractivity (Wildman–Crippen MR) is 189 cm³/mol. The van der Waals surface area contributed by atoms with Gasteiger partial charge in [-0.1, -0.05) is 72.0 Å². The molecule has 4 nitrogen and oxygen atoms in total. The fourth-order valence-electron chi connectivity index (χ4n) is 5.70. The molecule has 0 aliphatic rings. The Balaban J connectivity index is 0.000000217. The summed E-state index contributed by atoms with van der Waals surface area (Å²) in [5.74, 6) is 0. The Morgan fingerprint density at radius 3 is 2.17 bits per heavy atom. The molecule has 233 valence electrons. The molecule has 4 aromatic carbocycles. The van der Waals surface area contributed by atoms with E-state index in [1.54, 1.807) is 0 Å². The van der Waals surface area contributed by atoms with E-state index in [0.29, 0.717) is 5.71 Å². The van der Waals surface area contributed by atoms with Crippen LogP contribution in [0, 0.1) is 46.8 Å². The van der Waals surface area contributed by atoms with Crippen molar-refractivity contribution in [1.29, 1.82) is 0 Å². The summed E-state index contributed by atoms with van der Waals surface area (Å²) < 4.78 is 6.18. The molecule has 0 N–H and O–H groups in total. The van der Waals surface area contributed by atoms with Crippen LogP contribution >= 0.6 is 0 Å². The topological polar surface area (TPSA) is 51.8 Å². The number of hydrogen-bond acceptors (Lipinski definition) is 4. The van der Waals surface area contributed by atoms with E-state index >= 15 is 0 Å². The zero-order valence-electron chi connectivity index (χ0n) is 27.0. The van der Waals surface area contributed by atoms with Gasteiger partial charge in [-0.2, -0.15) is 0 Å². The average Bonchev–Trinajstić information content (AvgIpc) is 3.44. The maximum Gasteiger partial charge on any atom is 0.216 e. The van der Waals surface area contributed by atoms with Gasteiger partial charge in [0, 0.05) is 43.6 Å². The second kappa shape index (κ2) is 13.4. The number of rotatable bonds is 3. The molecule has 0 saturated heterocycles. The standard InChI is InChI=1S/C29H21N2O.C13H12N.Ir/c1-17-7-9-21-14-22(11-10-20(21)13-17)26-15-27(30-16-18(26)2)25-6-4-5-23-24-12-8-19(3)31-29(24)32-28(23)25;1-10-3-6-12(7-4-10)13-8-5-11(2)9-14-13;/h4-5,7-16H,1-3H3;3-6,8-9H,1-2H3;/q2*-1;. The number of aryl methyl sites for hydroxylation is 5. The van der Waals surface area contributed by atoms with Gasteiger partial charge in [0.2, 0.25) is 5.71 Å². The minimum atomic E-state index is 0. The third kappa shape index (κ3) is 6.64. The number of aromatic nitrogens is 3. The molecule has 8 rings (SSSR count). The summed E-state index contributed by atoms with van der Waals surface area (Å²) in [5.41, 5.74) is 13.2. The van der Waals surface area contributed by atoms with Gasteiger partial charge < -0.3 is 14.4 Å². The van der Waals surface area contributed by atoms with E-state index in [-0.39, 0.29) is 20.1 Å². The fraction of sp³-hybridized carbons (Fsp3) is 0.119. The molecule has 47 heavy (non-hydrogen) atoms. The second-order valence-electron chi connectivity index (χ2n) is 12.0. The quantitative estimate of drug-likeness (QED) is 0.167. The van der Waals surface area contributed by atoms with Crippen LogP contribution in [0.25, 0.3) is 66.5 Å². The van der Waals surface area contributed by atoms with Crippen LogP contribution in [0.1, 0.15) is 27.9 Å². The molecule has 0 saturated carbocycles. The zero-order valence-corrected chi connectivity index (χ0v) is 29.4. The molecule has 0 fully saturated rings. The molecule has 4 aromatic heterocycles. The molecule has 0 unspecified atom stereocenters. The van der Waals surface area contributed by atoms with Gasteiger partial charge in [0.15, 0.2) is 0 Å². The molecule has 1 radical (unpaired) electrons. The van der Waals surface area contributed by atoms with Crippen molar-refractivity contribution in [1.82, 2.24) is 15.0 Å². The first kappa shape index (κ1) is 32.0. The van der Waals surface area contributed by atoms with Crippen molar-refractivity contribution >= 4 is 32.8 Å². The van der Waals surface area contributed by atoms with Crippen molar-refractivity contribution in [2.24, 2.45) is 0 Å². The predicted octanol–water partition coefficient (Wildman–Crippen LogP) is 10.8. The number of benzene rings is 4. The number of fused-ring (bicyclic) bond motifs is 4. The van der Waals surface area contributed by atoms with E-state index in [4.69, 9.17) is 9.40 Å². The van der Waals surface area contributed by atoms with Gasteiger partial charge in [-0.15, -0.1) is 53.6 Å². The van der Waals surface area contributed by atoms with Gasteiger partial charge in [-0.05, 0) is 90.3 Å². The Hall–Kier alpha value is -4.96. The Morgan fingerprint density at radius 2 is 1.38 bits per heavy atom. The largest absolute Gasteiger partial charge is 0.486 e. The van der Waals surface area contributed by atoms with Gasteiger partial charge in [0.05, 0.1) is 5.58 Å². The molecule has 0 atom stereocenters. The third-order valence-corrected chi connectivity index (χ3v) is 8.26. The minimum Gasteiger partial charge on any atom is -0.486 e. The summed E-state index contributed by atoms with van der Waals surface area (Å²) in [6.45, 7) is 10.3. The monoisotopic (exact) mass is 788 g/mol. The molecule has 0 amide bonds. The average molecular weight is 788 g/mol. The number of furan rings is 1. The van der Waals surface area contributed by atoms with Crippen molar-refractivity contribution in [2.75, 3.05) is 0 Å². The number of pyridine rings is 3. The number of nitrogens with zero attached hydrogens (tertiary/aromatic N) is 3. The molecule has 4 heterocycles. The van der Waals surface area contributed by atoms with E-state index in [1.165, 1.54) is 33.0 Å². The van der Waals surface area contributed by atoms with Crippen LogP contribution in [0.4, 0.5) is 0 Å². The molecule has 0 aliphatic carbocycles. The zero-order chi connectivity index (χ0) is 31.8. The van der Waals surface area contributed by atoms with E-state index < -0.39 is 0 Å². The molecule has 0 aliphatic heterocycles. The van der Waals surface area contributed by atoms with Gasteiger partial charge in [0.25, 0.3) is 0 Å². The Labute approximate surface area is 288 Å². The van der Waals surface area contributed by atoms with Crippen molar-refractivity contribution < 1.29 is 24.5 Å². The van der Waals surface area contributed by atoms with Crippen molar-refractivity contribution in [3.8, 4) is 33.6 Å². The molecular formula is C42H33IrN3O-2. The van der Waals surface area contributed by atoms with Crippen molar-refractivity contribution in [2.45, 2.75) is 34.6 Å². The van der Waals surface area contributed by atoms with Gasteiger partial charge in [0.1, 0.15) is 0 Å². The normalized spacial score (nSPS) is 10.9. The summed E-state index contributed by atoms with van der Waals surface area (Å²) in [6.07, 6.45) is 3.81. The minimum absolute atomic E-state index is 0. The van der Waals surface area contributed by atoms with E-state index in [0.717, 1.165) is 55.7 Å². The van der Waals surface area contributed by atoms with Crippen LogP contribution in [0.15, 0.2) is 114 Å². The van der Waals surface area contributed by atoms with Crippen LogP contribution in [-0.2, 0) is 20.1 Å². The Kier molecular flexibility index (Phi) is 9.13. The van der Waals surface area contributed by atoms with Crippen LogP contribution in [0.5, 0.6) is 0 Å². The summed E-state index contributed by atoms with van der Waals surface area (Å²) in [4.78, 5) is 13.6. The smallest absolute Gasteiger partial charge is 0.216 e. The summed E-state index contributed by atoms with van der Waals surface area (Å²) >= 11 is 0. The summed E-state index contributed by atoms with van der Waals surface area (Å²) in [6, 6.07) is 40.1. The van der Waals surface area contributed by atoms with E-state index in [2.05, 4.69) is 104 Å². The van der Waals surface area contributed by atoms with E-state index in [9.17, 15) is 0 Å². The molecule has 0 spiro atoms. The maximum absolute atomic E-state index is 6.18. The van der Waals surface area contributed by atoms with Crippen molar-refractivity contribution in [3.63, 3.8) is 0 Å². The molecule has 5 heteroatoms. The van der Waals surface area contributed by atoms with Crippen LogP contribution in [-0.4, -0.2) is 15.0 Å². The summed E-state index contributed by atoms with van der Waals surface area (Å²) in [7, 11) is 0. The van der Waals surface area contributed by atoms with Crippen LogP contribution in [0.2, 0.25) is 0 Å². The summed E-state index contributed by atoms with van der Waals surface area (Å²) in [5, 5.41) is 4.53. The molecular weight excluding hydrogens is 755 g/mol. The van der Waals surface area contributed by atoms with E-state index in [1.807, 2.05) is 62.6 Å². The first-order chi connectivity index (χ1) is 22.3. The maximum atomic E-state index is 6.18. The van der Waals surface area contributed by atoms with Crippen LogP contribution in [0.3, 0.4) is 0 Å². The first-order valence-corrected chi connectivity index (χ1v) is 15.4. The Bertz CT molecular complexity index is 2310. The van der Waals surface area contributed by atoms with Gasteiger partial charge in [-0.25, -0.2) is 4.98 Å². The third-order valence-electron chi connectivity index (χ3n) is 8.26. The SMILES string of the molecule is Cc1c[c-]c(-c2ccc(C)cn2)cc1.Cc1ccc2cc(-c3cc(-c4[c-]ccc5c4oc4nc(C)ccc45)ncc3C)ccc2c1.[Ir]. The van der Waals surface area contributed by atoms with Crippen molar-refractivity contribution in [3.05, 3.63) is 150 Å².